The first-order valence-corrected chi connectivity index (χ1v) is 15.9. The summed E-state index contributed by atoms with van der Waals surface area (Å²) in [5.74, 6) is 0. The van der Waals surface area contributed by atoms with Gasteiger partial charge in [0.05, 0.1) is 22.1 Å². The molecule has 1 fully saturated rings. The van der Waals surface area contributed by atoms with E-state index in [1.807, 2.05) is 0 Å². The molecule has 9 rings (SSSR count). The minimum Gasteiger partial charge on any atom is -0.307 e. The quantitative estimate of drug-likeness (QED) is 0.201. The van der Waals surface area contributed by atoms with Crippen molar-refractivity contribution in [1.29, 1.82) is 0 Å². The summed E-state index contributed by atoms with van der Waals surface area (Å²) in [6, 6.07) is 48.4. The Morgan fingerprint density at radius 1 is 0.409 bits per heavy atom. The van der Waals surface area contributed by atoms with Gasteiger partial charge in [0.25, 0.3) is 0 Å². The van der Waals surface area contributed by atoms with E-state index in [1.165, 1.54) is 103 Å². The van der Waals surface area contributed by atoms with Gasteiger partial charge in [0.15, 0.2) is 0 Å². The predicted octanol–water partition coefficient (Wildman–Crippen LogP) is 11.7. The highest BCUT2D eigenvalue weighted by atomic mass is 15.0. The van der Waals surface area contributed by atoms with Crippen LogP contribution in [0.15, 0.2) is 133 Å². The summed E-state index contributed by atoms with van der Waals surface area (Å²) < 4.78 is 4.93. The van der Waals surface area contributed by atoms with Crippen molar-refractivity contribution in [3.63, 3.8) is 0 Å². The Bertz CT molecular complexity index is 2280. The summed E-state index contributed by atoms with van der Waals surface area (Å²) in [4.78, 5) is 0. The van der Waals surface area contributed by atoms with Gasteiger partial charge in [-0.3, -0.25) is 0 Å². The van der Waals surface area contributed by atoms with Crippen LogP contribution in [0.2, 0.25) is 0 Å². The first-order valence-electron chi connectivity index (χ1n) is 15.9. The average Bonchev–Trinajstić information content (AvgIpc) is 3.55. The van der Waals surface area contributed by atoms with Gasteiger partial charge in [-0.25, -0.2) is 0 Å². The SMILES string of the molecule is C1CCC1.Cc1ccccc1-c1c(C)ccc2c1c1ccc3c4ccccc4n(-c4ccccc4)c3c1n2-c1ccccc1. The van der Waals surface area contributed by atoms with E-state index in [-0.39, 0.29) is 0 Å². The van der Waals surface area contributed by atoms with Crippen molar-refractivity contribution >= 4 is 43.6 Å². The molecule has 1 aliphatic carbocycles. The van der Waals surface area contributed by atoms with Crippen LogP contribution in [0, 0.1) is 13.8 Å². The lowest BCUT2D eigenvalue weighted by atomic mass is 9.92. The largest absolute Gasteiger partial charge is 0.307 e. The zero-order valence-corrected chi connectivity index (χ0v) is 25.4. The zero-order chi connectivity index (χ0) is 29.6. The Balaban J connectivity index is 0.000000671. The number of aromatic nitrogens is 2. The molecule has 1 aliphatic rings. The second-order valence-corrected chi connectivity index (χ2v) is 12.1. The Kier molecular flexibility index (Phi) is 6.56. The molecule has 8 aromatic rings. The molecule has 0 spiro atoms. The van der Waals surface area contributed by atoms with Crippen molar-refractivity contribution in [2.24, 2.45) is 0 Å². The summed E-state index contributed by atoms with van der Waals surface area (Å²) in [6.45, 7) is 4.46. The van der Waals surface area contributed by atoms with Gasteiger partial charge in [-0.1, -0.05) is 123 Å². The molecule has 6 aromatic carbocycles. The molecule has 2 aromatic heterocycles. The predicted molar refractivity (Wildman–Crippen MR) is 188 cm³/mol. The van der Waals surface area contributed by atoms with E-state index < -0.39 is 0 Å². The molecule has 0 bridgehead atoms. The summed E-state index contributed by atoms with van der Waals surface area (Å²) in [7, 11) is 0. The van der Waals surface area contributed by atoms with Crippen LogP contribution < -0.4 is 0 Å². The number of hydrogen-bond donors (Lipinski definition) is 0. The van der Waals surface area contributed by atoms with Crippen molar-refractivity contribution in [2.45, 2.75) is 39.5 Å². The summed E-state index contributed by atoms with van der Waals surface area (Å²) in [5.41, 5.74) is 12.4. The molecule has 44 heavy (non-hydrogen) atoms. The van der Waals surface area contributed by atoms with Crippen LogP contribution in [0.4, 0.5) is 0 Å². The Morgan fingerprint density at radius 2 is 0.955 bits per heavy atom. The zero-order valence-electron chi connectivity index (χ0n) is 25.4. The highest BCUT2D eigenvalue weighted by Crippen LogP contribution is 2.45. The van der Waals surface area contributed by atoms with Crippen LogP contribution in [-0.4, -0.2) is 9.13 Å². The molecule has 2 heteroatoms. The minimum atomic E-state index is 1.17. The Labute approximate surface area is 258 Å². The molecule has 0 radical (unpaired) electrons. The monoisotopic (exact) mass is 568 g/mol. The maximum absolute atomic E-state index is 2.48. The third-order valence-electron chi connectivity index (χ3n) is 9.38. The fourth-order valence-electron chi connectivity index (χ4n) is 6.88. The van der Waals surface area contributed by atoms with Gasteiger partial charge in [-0.05, 0) is 72.5 Å². The normalized spacial score (nSPS) is 12.9. The third-order valence-corrected chi connectivity index (χ3v) is 9.38. The van der Waals surface area contributed by atoms with Crippen LogP contribution in [0.5, 0.6) is 0 Å². The molecule has 1 saturated carbocycles. The molecular weight excluding hydrogens is 532 g/mol. The molecule has 214 valence electrons. The maximum atomic E-state index is 2.48. The van der Waals surface area contributed by atoms with Crippen LogP contribution >= 0.6 is 0 Å². The van der Waals surface area contributed by atoms with E-state index in [4.69, 9.17) is 0 Å². The lowest BCUT2D eigenvalue weighted by Gasteiger charge is -2.13. The van der Waals surface area contributed by atoms with Crippen molar-refractivity contribution in [3.05, 3.63) is 145 Å². The fraction of sp³-hybridized carbons (Fsp3) is 0.143. The van der Waals surface area contributed by atoms with Crippen molar-refractivity contribution in [3.8, 4) is 22.5 Å². The van der Waals surface area contributed by atoms with Crippen LogP contribution in [0.25, 0.3) is 66.1 Å². The van der Waals surface area contributed by atoms with Gasteiger partial charge < -0.3 is 9.13 Å². The summed E-state index contributed by atoms with van der Waals surface area (Å²) >= 11 is 0. The number of hydrogen-bond acceptors (Lipinski definition) is 0. The lowest BCUT2D eigenvalue weighted by molar-refractivity contribution is 0.504. The maximum Gasteiger partial charge on any atom is 0.0789 e. The van der Waals surface area contributed by atoms with Crippen molar-refractivity contribution in [1.82, 2.24) is 9.13 Å². The van der Waals surface area contributed by atoms with Gasteiger partial charge >= 0.3 is 0 Å². The standard InChI is InChI=1S/C38H28N2.C4H8/c1-25-13-9-10-18-29(25)35-26(2)21-24-34-36(35)32-23-22-31-30-19-11-12-20-33(30)39(27-14-5-3-6-15-27)37(31)38(32)40(34)28-16-7-4-8-17-28;1-2-4-3-1/h3-24H,1-2H3;1-4H2. The number of nitrogens with zero attached hydrogens (tertiary/aromatic N) is 2. The lowest BCUT2D eigenvalue weighted by Crippen LogP contribution is -1.98. The van der Waals surface area contributed by atoms with Gasteiger partial charge in [-0.2, -0.15) is 0 Å². The molecule has 0 N–H and O–H groups in total. The average molecular weight is 569 g/mol. The van der Waals surface area contributed by atoms with E-state index in [1.54, 1.807) is 0 Å². The van der Waals surface area contributed by atoms with Gasteiger partial charge in [0.2, 0.25) is 0 Å². The molecule has 2 heterocycles. The minimum absolute atomic E-state index is 1.17. The number of benzene rings is 6. The molecule has 0 saturated heterocycles. The number of aryl methyl sites for hydroxylation is 2. The summed E-state index contributed by atoms with van der Waals surface area (Å²) in [5, 5.41) is 5.11. The molecular formula is C42H36N2. The summed E-state index contributed by atoms with van der Waals surface area (Å²) in [6.07, 6.45) is 6.00. The van der Waals surface area contributed by atoms with E-state index >= 15 is 0 Å². The van der Waals surface area contributed by atoms with Crippen LogP contribution in [0.3, 0.4) is 0 Å². The molecule has 0 atom stereocenters. The topological polar surface area (TPSA) is 9.86 Å². The smallest absolute Gasteiger partial charge is 0.0789 e. The third kappa shape index (κ3) is 4.17. The van der Waals surface area contributed by atoms with Crippen LogP contribution in [0.1, 0.15) is 36.8 Å². The Hall–Kier alpha value is -5.08. The first kappa shape index (κ1) is 26.5. The molecule has 0 amide bonds. The number of para-hydroxylation sites is 3. The van der Waals surface area contributed by atoms with Crippen molar-refractivity contribution < 1.29 is 0 Å². The second kappa shape index (κ2) is 10.9. The van der Waals surface area contributed by atoms with Crippen LogP contribution in [-0.2, 0) is 0 Å². The van der Waals surface area contributed by atoms with E-state index in [0.29, 0.717) is 0 Å². The Morgan fingerprint density at radius 3 is 1.61 bits per heavy atom. The van der Waals surface area contributed by atoms with Crippen molar-refractivity contribution in [2.75, 3.05) is 0 Å². The van der Waals surface area contributed by atoms with E-state index in [0.717, 1.165) is 0 Å². The molecule has 0 aliphatic heterocycles. The number of fused-ring (bicyclic) bond motifs is 7. The highest BCUT2D eigenvalue weighted by molar-refractivity contribution is 6.26. The van der Waals surface area contributed by atoms with Gasteiger partial charge in [-0.15, -0.1) is 0 Å². The van der Waals surface area contributed by atoms with Gasteiger partial charge in [0.1, 0.15) is 0 Å². The fourth-order valence-corrected chi connectivity index (χ4v) is 6.88. The second-order valence-electron chi connectivity index (χ2n) is 12.1. The van der Waals surface area contributed by atoms with E-state index in [9.17, 15) is 0 Å². The van der Waals surface area contributed by atoms with E-state index in [2.05, 4.69) is 156 Å². The molecule has 2 nitrogen and oxygen atoms in total. The number of rotatable bonds is 3. The highest BCUT2D eigenvalue weighted by Gasteiger charge is 2.23. The van der Waals surface area contributed by atoms with Gasteiger partial charge in [0, 0.05) is 32.9 Å². The molecule has 0 unspecified atom stereocenters. The first-order chi connectivity index (χ1) is 21.7.